The Balaban J connectivity index is 1.67. The smallest absolute Gasteiger partial charge is 0.127 e. The maximum atomic E-state index is 6.09. The zero-order valence-corrected chi connectivity index (χ0v) is 20.5. The van der Waals surface area contributed by atoms with Crippen LogP contribution in [0.25, 0.3) is 12.2 Å². The van der Waals surface area contributed by atoms with Gasteiger partial charge in [0.15, 0.2) is 0 Å². The van der Waals surface area contributed by atoms with E-state index >= 15 is 0 Å². The second-order valence-corrected chi connectivity index (χ2v) is 8.49. The Bertz CT molecular complexity index is 1030. The van der Waals surface area contributed by atoms with Gasteiger partial charge in [-0.2, -0.15) is 0 Å². The Morgan fingerprint density at radius 1 is 0.647 bits per heavy atom. The quantitative estimate of drug-likeness (QED) is 0.279. The van der Waals surface area contributed by atoms with Gasteiger partial charge >= 0.3 is 0 Å². The monoisotopic (exact) mass is 458 g/mol. The lowest BCUT2D eigenvalue weighted by molar-refractivity contribution is 0.240. The number of benzene rings is 3. The lowest BCUT2D eigenvalue weighted by Gasteiger charge is -2.16. The van der Waals surface area contributed by atoms with Gasteiger partial charge in [0.25, 0.3) is 0 Å². The van der Waals surface area contributed by atoms with Crippen molar-refractivity contribution in [2.24, 2.45) is 0 Å². The highest BCUT2D eigenvalue weighted by Gasteiger charge is 2.09. The first-order chi connectivity index (χ1) is 16.4. The molecule has 0 spiro atoms. The van der Waals surface area contributed by atoms with Crippen LogP contribution in [0, 0.1) is 0 Å². The zero-order valence-electron chi connectivity index (χ0n) is 20.5. The molecule has 0 N–H and O–H groups in total. The average molecular weight is 459 g/mol. The van der Waals surface area contributed by atoms with Crippen molar-refractivity contribution in [3.8, 4) is 23.0 Å². The van der Waals surface area contributed by atoms with E-state index in [1.165, 1.54) is 0 Å². The van der Waals surface area contributed by atoms with Crippen molar-refractivity contribution in [2.75, 3.05) is 0 Å². The van der Waals surface area contributed by atoms with Crippen molar-refractivity contribution < 1.29 is 18.9 Å². The van der Waals surface area contributed by atoms with Gasteiger partial charge in [-0.1, -0.05) is 49.6 Å². The van der Waals surface area contributed by atoms with E-state index in [0.717, 1.165) is 45.3 Å². The van der Waals surface area contributed by atoms with Crippen molar-refractivity contribution in [2.45, 2.75) is 53.1 Å². The van der Waals surface area contributed by atoms with Gasteiger partial charge in [0.1, 0.15) is 36.2 Å². The molecule has 0 aromatic heterocycles. The topological polar surface area (TPSA) is 36.9 Å². The highest BCUT2D eigenvalue weighted by atomic mass is 16.5. The maximum Gasteiger partial charge on any atom is 0.127 e. The van der Waals surface area contributed by atoms with Gasteiger partial charge in [0.2, 0.25) is 0 Å². The van der Waals surface area contributed by atoms with Gasteiger partial charge < -0.3 is 18.9 Å². The summed E-state index contributed by atoms with van der Waals surface area (Å²) in [7, 11) is 0. The third kappa shape index (κ3) is 6.92. The molecular weight excluding hydrogens is 424 g/mol. The van der Waals surface area contributed by atoms with Gasteiger partial charge in [-0.3, -0.25) is 0 Å². The van der Waals surface area contributed by atoms with Crippen LogP contribution in [0.5, 0.6) is 23.0 Å². The number of hydrogen-bond acceptors (Lipinski definition) is 4. The molecule has 4 nitrogen and oxygen atoms in total. The summed E-state index contributed by atoms with van der Waals surface area (Å²) in [4.78, 5) is 0. The van der Waals surface area contributed by atoms with E-state index in [1.54, 1.807) is 12.2 Å². The minimum Gasteiger partial charge on any atom is -0.490 e. The molecular formula is C30H34O4. The molecule has 0 unspecified atom stereocenters. The Morgan fingerprint density at radius 2 is 1.06 bits per heavy atom. The molecule has 0 fully saturated rings. The standard InChI is InChI=1S/C30H34O4/c1-7-23-17-27(13-15-29(23)33-21(3)4)31-19-25-11-9-10-12-26(25)20-32-28-14-16-30(34-22(5)6)24(8-2)18-28/h7-18,21-22H,1-2,19-20H2,3-6H3. The van der Waals surface area contributed by atoms with E-state index < -0.39 is 0 Å². The van der Waals surface area contributed by atoms with Crippen LogP contribution < -0.4 is 18.9 Å². The second-order valence-electron chi connectivity index (χ2n) is 8.49. The molecule has 178 valence electrons. The fraction of sp³-hybridized carbons (Fsp3) is 0.267. The number of ether oxygens (including phenoxy) is 4. The molecule has 0 saturated carbocycles. The highest BCUT2D eigenvalue weighted by molar-refractivity contribution is 5.59. The minimum absolute atomic E-state index is 0.0961. The van der Waals surface area contributed by atoms with Crippen LogP contribution in [-0.4, -0.2) is 12.2 Å². The van der Waals surface area contributed by atoms with Crippen molar-refractivity contribution >= 4 is 12.2 Å². The molecule has 0 radical (unpaired) electrons. The Hall–Kier alpha value is -3.66. The summed E-state index contributed by atoms with van der Waals surface area (Å²) in [5.41, 5.74) is 3.94. The summed E-state index contributed by atoms with van der Waals surface area (Å²) >= 11 is 0. The second kappa shape index (κ2) is 12.0. The largest absolute Gasteiger partial charge is 0.490 e. The Kier molecular flexibility index (Phi) is 8.80. The van der Waals surface area contributed by atoms with Crippen molar-refractivity contribution in [3.05, 3.63) is 96.1 Å². The minimum atomic E-state index is 0.0961. The van der Waals surface area contributed by atoms with Crippen LogP contribution >= 0.6 is 0 Å². The van der Waals surface area contributed by atoms with Crippen molar-refractivity contribution in [1.82, 2.24) is 0 Å². The molecule has 0 amide bonds. The number of rotatable bonds is 12. The van der Waals surface area contributed by atoms with Crippen LogP contribution in [0.4, 0.5) is 0 Å². The third-order valence-corrected chi connectivity index (χ3v) is 5.03. The van der Waals surface area contributed by atoms with Crippen LogP contribution in [0.2, 0.25) is 0 Å². The van der Waals surface area contributed by atoms with E-state index in [0.29, 0.717) is 13.2 Å². The highest BCUT2D eigenvalue weighted by Crippen LogP contribution is 2.28. The van der Waals surface area contributed by atoms with E-state index in [2.05, 4.69) is 25.3 Å². The Morgan fingerprint density at radius 3 is 1.41 bits per heavy atom. The zero-order chi connectivity index (χ0) is 24.5. The van der Waals surface area contributed by atoms with Crippen LogP contribution in [0.15, 0.2) is 73.8 Å². The Labute approximate surface area is 203 Å². The third-order valence-electron chi connectivity index (χ3n) is 5.03. The molecule has 0 bridgehead atoms. The summed E-state index contributed by atoms with van der Waals surface area (Å²) in [6, 6.07) is 19.7. The van der Waals surface area contributed by atoms with E-state index in [9.17, 15) is 0 Å². The predicted molar refractivity (Wildman–Crippen MR) is 140 cm³/mol. The molecule has 3 aromatic carbocycles. The molecule has 34 heavy (non-hydrogen) atoms. The molecule has 0 heterocycles. The molecule has 3 aromatic rings. The first-order valence-electron chi connectivity index (χ1n) is 11.6. The first kappa shape index (κ1) is 25.0. The van der Waals surface area contributed by atoms with Crippen LogP contribution in [0.3, 0.4) is 0 Å². The molecule has 0 saturated heterocycles. The van der Waals surface area contributed by atoms with Gasteiger partial charge in [0.05, 0.1) is 12.2 Å². The van der Waals surface area contributed by atoms with Gasteiger partial charge in [-0.25, -0.2) is 0 Å². The van der Waals surface area contributed by atoms with Crippen molar-refractivity contribution in [3.63, 3.8) is 0 Å². The fourth-order valence-electron chi connectivity index (χ4n) is 3.44. The first-order valence-corrected chi connectivity index (χ1v) is 11.6. The van der Waals surface area contributed by atoms with E-state index in [-0.39, 0.29) is 12.2 Å². The van der Waals surface area contributed by atoms with Crippen LogP contribution in [-0.2, 0) is 13.2 Å². The molecule has 0 atom stereocenters. The predicted octanol–water partition coefficient (Wildman–Crippen LogP) is 7.71. The van der Waals surface area contributed by atoms with Crippen molar-refractivity contribution in [1.29, 1.82) is 0 Å². The van der Waals surface area contributed by atoms with Gasteiger partial charge in [-0.05, 0) is 75.2 Å². The summed E-state index contributed by atoms with van der Waals surface area (Å²) in [5.74, 6) is 3.13. The van der Waals surface area contributed by atoms with E-state index in [1.807, 2.05) is 76.2 Å². The summed E-state index contributed by atoms with van der Waals surface area (Å²) in [6.07, 6.45) is 3.75. The summed E-state index contributed by atoms with van der Waals surface area (Å²) in [5, 5.41) is 0. The molecule has 4 heteroatoms. The summed E-state index contributed by atoms with van der Waals surface area (Å²) < 4.78 is 23.8. The fourth-order valence-corrected chi connectivity index (χ4v) is 3.44. The van der Waals surface area contributed by atoms with Gasteiger partial charge in [-0.15, -0.1) is 0 Å². The SMILES string of the molecule is C=Cc1cc(OCc2ccccc2COc2ccc(OC(C)C)c(C=C)c2)ccc1OC(C)C. The summed E-state index contributed by atoms with van der Waals surface area (Å²) in [6.45, 7) is 16.7. The van der Waals surface area contributed by atoms with Gasteiger partial charge in [0, 0.05) is 11.1 Å². The van der Waals surface area contributed by atoms with Crippen LogP contribution in [0.1, 0.15) is 49.9 Å². The van der Waals surface area contributed by atoms with E-state index in [4.69, 9.17) is 18.9 Å². The maximum absolute atomic E-state index is 6.09. The average Bonchev–Trinajstić information content (AvgIpc) is 2.82. The molecule has 0 aliphatic carbocycles. The molecule has 3 rings (SSSR count). The lowest BCUT2D eigenvalue weighted by atomic mass is 10.1. The number of hydrogen-bond donors (Lipinski definition) is 0. The molecule has 0 aliphatic rings. The lowest BCUT2D eigenvalue weighted by Crippen LogP contribution is -2.07. The normalized spacial score (nSPS) is 10.8. The molecule has 0 aliphatic heterocycles.